The molecule has 2 fully saturated rings. The van der Waals surface area contributed by atoms with Gasteiger partial charge in [-0.25, -0.2) is 0 Å². The van der Waals surface area contributed by atoms with Crippen molar-refractivity contribution in [2.24, 2.45) is 0 Å². The maximum Gasteiger partial charge on any atom is 0.0472 e. The molecule has 1 saturated carbocycles. The molecule has 16 heavy (non-hydrogen) atoms. The second-order valence-corrected chi connectivity index (χ2v) is 4.91. The molecule has 2 N–H and O–H groups in total. The zero-order chi connectivity index (χ0) is 11.0. The van der Waals surface area contributed by atoms with E-state index in [1.807, 2.05) is 12.1 Å². The molecular formula is C13H18N2O. The first-order chi connectivity index (χ1) is 7.83. The molecule has 0 amide bonds. The van der Waals surface area contributed by atoms with E-state index in [-0.39, 0.29) is 0 Å². The lowest BCUT2D eigenvalue weighted by Crippen LogP contribution is -2.15. The predicted octanol–water partition coefficient (Wildman–Crippen LogP) is 2.44. The van der Waals surface area contributed by atoms with Crippen LogP contribution in [0.5, 0.6) is 0 Å². The minimum absolute atomic E-state index is 0.551. The Hall–Kier alpha value is -1.09. The predicted molar refractivity (Wildman–Crippen MR) is 63.4 cm³/mol. The van der Waals surface area contributed by atoms with Crippen LogP contribution in [0.3, 0.4) is 0 Å². The third-order valence-corrected chi connectivity index (χ3v) is 3.52. The normalized spacial score (nSPS) is 22.2. The van der Waals surface area contributed by atoms with E-state index >= 15 is 0 Å². The van der Waals surface area contributed by atoms with Crippen LogP contribution in [-0.4, -0.2) is 18.2 Å². The molecule has 86 valence electrons. The first-order valence-electron chi connectivity index (χ1n) is 6.18. The molecule has 0 unspecified atom stereocenters. The van der Waals surface area contributed by atoms with Crippen molar-refractivity contribution in [3.63, 3.8) is 0 Å². The molecule has 0 bridgehead atoms. The van der Waals surface area contributed by atoms with Crippen LogP contribution in [0.15, 0.2) is 12.1 Å². The van der Waals surface area contributed by atoms with Gasteiger partial charge in [0.2, 0.25) is 0 Å². The molecule has 1 aromatic rings. The van der Waals surface area contributed by atoms with E-state index in [0.29, 0.717) is 11.8 Å². The van der Waals surface area contributed by atoms with Crippen molar-refractivity contribution in [2.75, 3.05) is 18.9 Å². The summed E-state index contributed by atoms with van der Waals surface area (Å²) in [6.07, 6.45) is 4.73. The number of aromatic nitrogens is 1. The summed E-state index contributed by atoms with van der Waals surface area (Å²) in [6.45, 7) is 1.72. The maximum atomic E-state index is 5.96. The van der Waals surface area contributed by atoms with Gasteiger partial charge in [0, 0.05) is 42.1 Å². The largest absolute Gasteiger partial charge is 0.399 e. The lowest BCUT2D eigenvalue weighted by molar-refractivity contribution is 0.0845. The molecule has 1 saturated heterocycles. The molecule has 1 aliphatic carbocycles. The molecule has 3 nitrogen and oxygen atoms in total. The lowest BCUT2D eigenvalue weighted by Gasteiger charge is -2.22. The zero-order valence-corrected chi connectivity index (χ0v) is 9.48. The summed E-state index contributed by atoms with van der Waals surface area (Å²) in [5.74, 6) is 1.23. The van der Waals surface area contributed by atoms with Crippen LogP contribution in [0.25, 0.3) is 0 Å². The smallest absolute Gasteiger partial charge is 0.0472 e. The average Bonchev–Trinajstić information content (AvgIpc) is 3.13. The van der Waals surface area contributed by atoms with Gasteiger partial charge in [0.1, 0.15) is 0 Å². The fourth-order valence-corrected chi connectivity index (χ4v) is 2.39. The van der Waals surface area contributed by atoms with E-state index in [0.717, 1.165) is 31.7 Å². The quantitative estimate of drug-likeness (QED) is 0.829. The van der Waals surface area contributed by atoms with E-state index in [2.05, 4.69) is 0 Å². The topological polar surface area (TPSA) is 48.1 Å². The number of ether oxygens (including phenoxy) is 1. The molecule has 0 radical (unpaired) electrons. The Kier molecular flexibility index (Phi) is 2.56. The van der Waals surface area contributed by atoms with Crippen LogP contribution in [0.2, 0.25) is 0 Å². The molecular weight excluding hydrogens is 200 g/mol. The van der Waals surface area contributed by atoms with Crippen LogP contribution in [0.1, 0.15) is 48.9 Å². The maximum absolute atomic E-state index is 5.96. The Morgan fingerprint density at radius 2 is 1.56 bits per heavy atom. The van der Waals surface area contributed by atoms with Crippen molar-refractivity contribution in [1.82, 2.24) is 4.98 Å². The zero-order valence-electron chi connectivity index (χ0n) is 9.48. The summed E-state index contributed by atoms with van der Waals surface area (Å²) in [7, 11) is 0. The molecule has 1 aromatic heterocycles. The van der Waals surface area contributed by atoms with Gasteiger partial charge in [-0.3, -0.25) is 4.98 Å². The Labute approximate surface area is 96.0 Å². The number of nitrogens with zero attached hydrogens (tertiary/aromatic N) is 1. The van der Waals surface area contributed by atoms with Gasteiger partial charge in [-0.1, -0.05) is 0 Å². The summed E-state index contributed by atoms with van der Waals surface area (Å²) in [5, 5.41) is 0. The van der Waals surface area contributed by atoms with Crippen LogP contribution < -0.4 is 5.73 Å². The third kappa shape index (κ3) is 2.05. The molecule has 0 atom stereocenters. The van der Waals surface area contributed by atoms with Crippen molar-refractivity contribution >= 4 is 5.69 Å². The first-order valence-corrected chi connectivity index (χ1v) is 6.18. The SMILES string of the molecule is Nc1cc(C2CCOCC2)nc(C2CC2)c1. The van der Waals surface area contributed by atoms with Crippen molar-refractivity contribution < 1.29 is 4.74 Å². The number of hydrogen-bond donors (Lipinski definition) is 1. The van der Waals surface area contributed by atoms with E-state index in [1.165, 1.54) is 24.2 Å². The van der Waals surface area contributed by atoms with Gasteiger partial charge >= 0.3 is 0 Å². The first kappa shape index (κ1) is 10.1. The number of anilines is 1. The van der Waals surface area contributed by atoms with Gasteiger partial charge < -0.3 is 10.5 Å². The Balaban J connectivity index is 1.86. The summed E-state index contributed by atoms with van der Waals surface area (Å²) >= 11 is 0. The number of rotatable bonds is 2. The van der Waals surface area contributed by atoms with Gasteiger partial charge in [-0.15, -0.1) is 0 Å². The fourth-order valence-electron chi connectivity index (χ4n) is 2.39. The van der Waals surface area contributed by atoms with E-state index in [9.17, 15) is 0 Å². The van der Waals surface area contributed by atoms with Crippen molar-refractivity contribution in [3.8, 4) is 0 Å². The van der Waals surface area contributed by atoms with Crippen LogP contribution >= 0.6 is 0 Å². The van der Waals surface area contributed by atoms with E-state index in [4.69, 9.17) is 15.5 Å². The molecule has 0 aromatic carbocycles. The highest BCUT2D eigenvalue weighted by atomic mass is 16.5. The second-order valence-electron chi connectivity index (χ2n) is 4.91. The highest BCUT2D eigenvalue weighted by Gasteiger charge is 2.27. The van der Waals surface area contributed by atoms with Crippen LogP contribution in [-0.2, 0) is 4.74 Å². The number of nitrogens with two attached hydrogens (primary N) is 1. The number of nitrogen functional groups attached to an aromatic ring is 1. The monoisotopic (exact) mass is 218 g/mol. The molecule has 1 aliphatic heterocycles. The average molecular weight is 218 g/mol. The number of pyridine rings is 1. The second kappa shape index (κ2) is 4.06. The molecule has 2 aliphatic rings. The summed E-state index contributed by atoms with van der Waals surface area (Å²) in [5.41, 5.74) is 9.23. The van der Waals surface area contributed by atoms with Gasteiger partial charge in [0.25, 0.3) is 0 Å². The lowest BCUT2D eigenvalue weighted by atomic mass is 9.95. The van der Waals surface area contributed by atoms with Crippen LogP contribution in [0.4, 0.5) is 5.69 Å². The Morgan fingerprint density at radius 3 is 2.12 bits per heavy atom. The Morgan fingerprint density at radius 1 is 1.00 bits per heavy atom. The molecule has 3 rings (SSSR count). The highest BCUT2D eigenvalue weighted by molar-refractivity contribution is 5.43. The van der Waals surface area contributed by atoms with Gasteiger partial charge in [0.15, 0.2) is 0 Å². The standard InChI is InChI=1S/C13H18N2O/c14-11-7-12(9-1-2-9)15-13(8-11)10-3-5-16-6-4-10/h7-10H,1-6H2,(H2,14,15). The minimum atomic E-state index is 0.551. The Bertz CT molecular complexity index is 382. The summed E-state index contributed by atoms with van der Waals surface area (Å²) in [6, 6.07) is 4.09. The molecule has 3 heteroatoms. The number of hydrogen-bond acceptors (Lipinski definition) is 3. The van der Waals surface area contributed by atoms with E-state index < -0.39 is 0 Å². The van der Waals surface area contributed by atoms with Crippen molar-refractivity contribution in [2.45, 2.75) is 37.5 Å². The van der Waals surface area contributed by atoms with Crippen molar-refractivity contribution in [1.29, 1.82) is 0 Å². The minimum Gasteiger partial charge on any atom is -0.399 e. The molecule has 0 spiro atoms. The summed E-state index contributed by atoms with van der Waals surface area (Å²) < 4.78 is 5.38. The van der Waals surface area contributed by atoms with Crippen molar-refractivity contribution in [3.05, 3.63) is 23.5 Å². The van der Waals surface area contributed by atoms with Gasteiger partial charge in [-0.05, 0) is 37.8 Å². The fraction of sp³-hybridized carbons (Fsp3) is 0.615. The summed E-state index contributed by atoms with van der Waals surface area (Å²) in [4.78, 5) is 4.78. The molecule has 2 heterocycles. The van der Waals surface area contributed by atoms with Gasteiger partial charge in [0.05, 0.1) is 0 Å². The third-order valence-electron chi connectivity index (χ3n) is 3.52. The van der Waals surface area contributed by atoms with Gasteiger partial charge in [-0.2, -0.15) is 0 Å². The van der Waals surface area contributed by atoms with Crippen LogP contribution in [0, 0.1) is 0 Å². The highest BCUT2D eigenvalue weighted by Crippen LogP contribution is 2.40. The van der Waals surface area contributed by atoms with E-state index in [1.54, 1.807) is 0 Å².